The molecule has 3 heteroatoms. The van der Waals surface area contributed by atoms with E-state index in [1.807, 2.05) is 0 Å². The maximum Gasteiger partial charge on any atom is 0.162 e. The zero-order valence-corrected chi connectivity index (χ0v) is 13.4. The van der Waals surface area contributed by atoms with Crippen LogP contribution in [0.15, 0.2) is 42.5 Å². The van der Waals surface area contributed by atoms with Crippen LogP contribution >= 0.6 is 0 Å². The van der Waals surface area contributed by atoms with E-state index in [-0.39, 0.29) is 0 Å². The highest BCUT2D eigenvalue weighted by atomic mass is 19.2. The SMILES string of the molecule is CC1CCC(c2ccc(COc3ccc(F)c(F)c3)cc2)CC1. The first-order valence-electron chi connectivity index (χ1n) is 8.28. The molecule has 0 N–H and O–H groups in total. The van der Waals surface area contributed by atoms with Crippen LogP contribution in [0.3, 0.4) is 0 Å². The first-order chi connectivity index (χ1) is 11.1. The Hall–Kier alpha value is -1.90. The number of hydrogen-bond acceptors (Lipinski definition) is 1. The Labute approximate surface area is 136 Å². The zero-order valence-electron chi connectivity index (χ0n) is 13.4. The van der Waals surface area contributed by atoms with E-state index in [1.165, 1.54) is 37.3 Å². The Morgan fingerprint density at radius 2 is 1.61 bits per heavy atom. The molecule has 0 heterocycles. The quantitative estimate of drug-likeness (QED) is 0.689. The van der Waals surface area contributed by atoms with Crippen molar-refractivity contribution in [2.24, 2.45) is 5.92 Å². The molecule has 1 fully saturated rings. The van der Waals surface area contributed by atoms with Gasteiger partial charge in [-0.1, -0.05) is 44.0 Å². The van der Waals surface area contributed by atoms with Gasteiger partial charge in [0.15, 0.2) is 11.6 Å². The molecule has 0 saturated heterocycles. The summed E-state index contributed by atoms with van der Waals surface area (Å²) in [6.07, 6.45) is 5.16. The maximum atomic E-state index is 13.1. The van der Waals surface area contributed by atoms with E-state index in [0.717, 1.165) is 23.6 Å². The smallest absolute Gasteiger partial charge is 0.162 e. The fourth-order valence-corrected chi connectivity index (χ4v) is 3.21. The van der Waals surface area contributed by atoms with Crippen molar-refractivity contribution in [2.45, 2.75) is 45.1 Å². The maximum absolute atomic E-state index is 13.1. The molecule has 1 aliphatic rings. The summed E-state index contributed by atoms with van der Waals surface area (Å²) in [6.45, 7) is 2.68. The van der Waals surface area contributed by atoms with Crippen molar-refractivity contribution in [1.82, 2.24) is 0 Å². The summed E-state index contributed by atoms with van der Waals surface area (Å²) in [5.41, 5.74) is 2.43. The molecule has 0 radical (unpaired) electrons. The van der Waals surface area contributed by atoms with Crippen LogP contribution < -0.4 is 4.74 Å². The summed E-state index contributed by atoms with van der Waals surface area (Å²) >= 11 is 0. The highest BCUT2D eigenvalue weighted by molar-refractivity contribution is 5.27. The molecule has 0 atom stereocenters. The molecule has 122 valence electrons. The van der Waals surface area contributed by atoms with E-state index in [0.29, 0.717) is 18.3 Å². The predicted octanol–water partition coefficient (Wildman–Crippen LogP) is 5.84. The summed E-state index contributed by atoms with van der Waals surface area (Å²) in [6, 6.07) is 12.1. The highest BCUT2D eigenvalue weighted by Crippen LogP contribution is 2.35. The van der Waals surface area contributed by atoms with Gasteiger partial charge in [0, 0.05) is 6.07 Å². The molecule has 2 aromatic rings. The second-order valence-electron chi connectivity index (χ2n) is 6.56. The number of benzene rings is 2. The molecule has 0 aromatic heterocycles. The topological polar surface area (TPSA) is 9.23 Å². The average molecular weight is 316 g/mol. The largest absolute Gasteiger partial charge is 0.489 e. The summed E-state index contributed by atoms with van der Waals surface area (Å²) in [4.78, 5) is 0. The third-order valence-electron chi connectivity index (χ3n) is 4.76. The average Bonchev–Trinajstić information content (AvgIpc) is 2.57. The second-order valence-corrected chi connectivity index (χ2v) is 6.56. The van der Waals surface area contributed by atoms with Gasteiger partial charge in [0.25, 0.3) is 0 Å². The van der Waals surface area contributed by atoms with Gasteiger partial charge in [0.2, 0.25) is 0 Å². The van der Waals surface area contributed by atoms with Crippen LogP contribution in [-0.4, -0.2) is 0 Å². The molecule has 1 saturated carbocycles. The van der Waals surface area contributed by atoms with Crippen molar-refractivity contribution in [1.29, 1.82) is 0 Å². The first kappa shape index (κ1) is 16.0. The summed E-state index contributed by atoms with van der Waals surface area (Å²) in [5, 5.41) is 0. The minimum Gasteiger partial charge on any atom is -0.489 e. The molecule has 23 heavy (non-hydrogen) atoms. The van der Waals surface area contributed by atoms with Gasteiger partial charge in [-0.25, -0.2) is 8.78 Å². The Kier molecular flexibility index (Phi) is 4.94. The second kappa shape index (κ2) is 7.12. The minimum absolute atomic E-state index is 0.342. The van der Waals surface area contributed by atoms with Gasteiger partial charge in [-0.15, -0.1) is 0 Å². The number of rotatable bonds is 4. The van der Waals surface area contributed by atoms with Crippen molar-refractivity contribution in [3.05, 3.63) is 65.2 Å². The van der Waals surface area contributed by atoms with Gasteiger partial charge in [0.1, 0.15) is 12.4 Å². The number of halogens is 2. The van der Waals surface area contributed by atoms with Gasteiger partial charge in [-0.05, 0) is 47.9 Å². The van der Waals surface area contributed by atoms with E-state index in [9.17, 15) is 8.78 Å². The molecular weight excluding hydrogens is 294 g/mol. The lowest BCUT2D eigenvalue weighted by Crippen LogP contribution is -2.10. The van der Waals surface area contributed by atoms with E-state index in [2.05, 4.69) is 31.2 Å². The van der Waals surface area contributed by atoms with Crippen LogP contribution in [-0.2, 0) is 6.61 Å². The van der Waals surface area contributed by atoms with Crippen molar-refractivity contribution in [3.63, 3.8) is 0 Å². The fourth-order valence-electron chi connectivity index (χ4n) is 3.21. The molecule has 0 aliphatic heterocycles. The molecule has 1 nitrogen and oxygen atoms in total. The standard InChI is InChI=1S/C20H22F2O/c1-14-2-6-16(7-3-14)17-8-4-15(5-9-17)13-23-18-10-11-19(21)20(22)12-18/h4-5,8-12,14,16H,2-3,6-7,13H2,1H3. The lowest BCUT2D eigenvalue weighted by molar-refractivity contribution is 0.303. The summed E-state index contributed by atoms with van der Waals surface area (Å²) in [7, 11) is 0. The van der Waals surface area contributed by atoms with Crippen molar-refractivity contribution < 1.29 is 13.5 Å². The molecular formula is C20H22F2O. The van der Waals surface area contributed by atoms with Crippen LogP contribution in [0.25, 0.3) is 0 Å². The van der Waals surface area contributed by atoms with Gasteiger partial charge in [-0.2, -0.15) is 0 Å². The van der Waals surface area contributed by atoms with Crippen LogP contribution in [0.2, 0.25) is 0 Å². The van der Waals surface area contributed by atoms with Gasteiger partial charge in [0.05, 0.1) is 0 Å². The van der Waals surface area contributed by atoms with E-state index < -0.39 is 11.6 Å². The third-order valence-corrected chi connectivity index (χ3v) is 4.76. The predicted molar refractivity (Wildman–Crippen MR) is 87.5 cm³/mol. The van der Waals surface area contributed by atoms with E-state index in [1.54, 1.807) is 0 Å². The Morgan fingerprint density at radius 3 is 2.26 bits per heavy atom. The van der Waals surface area contributed by atoms with Gasteiger partial charge in [-0.3, -0.25) is 0 Å². The molecule has 0 bridgehead atoms. The van der Waals surface area contributed by atoms with Crippen LogP contribution in [0, 0.1) is 17.6 Å². The third kappa shape index (κ3) is 4.10. The molecule has 3 rings (SSSR count). The van der Waals surface area contributed by atoms with Crippen molar-refractivity contribution in [3.8, 4) is 5.75 Å². The number of hydrogen-bond donors (Lipinski definition) is 0. The highest BCUT2D eigenvalue weighted by Gasteiger charge is 2.19. The fraction of sp³-hybridized carbons (Fsp3) is 0.400. The van der Waals surface area contributed by atoms with Crippen molar-refractivity contribution >= 4 is 0 Å². The minimum atomic E-state index is -0.885. The van der Waals surface area contributed by atoms with Gasteiger partial charge < -0.3 is 4.74 Å². The molecule has 1 aliphatic carbocycles. The van der Waals surface area contributed by atoms with E-state index >= 15 is 0 Å². The zero-order chi connectivity index (χ0) is 16.2. The van der Waals surface area contributed by atoms with E-state index in [4.69, 9.17) is 4.74 Å². The van der Waals surface area contributed by atoms with Gasteiger partial charge >= 0.3 is 0 Å². The summed E-state index contributed by atoms with van der Waals surface area (Å²) in [5.74, 6) is 0.129. The molecule has 0 spiro atoms. The molecule has 2 aromatic carbocycles. The Bertz CT molecular complexity index is 643. The van der Waals surface area contributed by atoms with Crippen molar-refractivity contribution in [2.75, 3.05) is 0 Å². The summed E-state index contributed by atoms with van der Waals surface area (Å²) < 4.78 is 31.5. The first-order valence-corrected chi connectivity index (χ1v) is 8.28. The lowest BCUT2D eigenvalue weighted by Gasteiger charge is -2.26. The molecule has 0 unspecified atom stereocenters. The number of ether oxygens (including phenoxy) is 1. The van der Waals surface area contributed by atoms with Crippen LogP contribution in [0.1, 0.15) is 49.7 Å². The lowest BCUT2D eigenvalue weighted by atomic mass is 9.79. The Morgan fingerprint density at radius 1 is 0.913 bits per heavy atom. The monoisotopic (exact) mass is 316 g/mol. The van der Waals surface area contributed by atoms with Crippen LogP contribution in [0.4, 0.5) is 8.78 Å². The van der Waals surface area contributed by atoms with Crippen LogP contribution in [0.5, 0.6) is 5.75 Å². The normalized spacial score (nSPS) is 21.2. The Balaban J connectivity index is 1.58. The molecule has 0 amide bonds.